The summed E-state index contributed by atoms with van der Waals surface area (Å²) in [5, 5.41) is -0.144. The van der Waals surface area contributed by atoms with Gasteiger partial charge in [0.1, 0.15) is 10.8 Å². The van der Waals surface area contributed by atoms with Gasteiger partial charge < -0.3 is 5.73 Å². The average molecular weight is 225 g/mol. The average Bonchev–Trinajstić information content (AvgIpc) is 1.93. The lowest BCUT2D eigenvalue weighted by Crippen LogP contribution is -1.93. The first kappa shape index (κ1) is 7.75. The highest BCUT2D eigenvalue weighted by atomic mass is 79.9. The van der Waals surface area contributed by atoms with E-state index < -0.39 is 5.82 Å². The number of hydrogen-bond acceptors (Lipinski definition) is 2. The predicted octanol–water partition coefficient (Wildman–Crippen LogP) is 2.22. The van der Waals surface area contributed by atoms with Crippen molar-refractivity contribution in [3.05, 3.63) is 21.5 Å². The minimum atomic E-state index is -0.575. The Morgan fingerprint density at radius 1 is 1.70 bits per heavy atom. The monoisotopic (exact) mass is 224 g/mol. The van der Waals surface area contributed by atoms with Crippen LogP contribution in [0.25, 0.3) is 0 Å². The molecule has 10 heavy (non-hydrogen) atoms. The molecule has 0 spiro atoms. The maximum absolute atomic E-state index is 12.7. The molecule has 0 fully saturated rings. The fourth-order valence-electron chi connectivity index (χ4n) is 0.457. The van der Waals surface area contributed by atoms with Gasteiger partial charge in [0.05, 0.1) is 4.47 Å². The first-order chi connectivity index (χ1) is 4.63. The summed E-state index contributed by atoms with van der Waals surface area (Å²) in [6.07, 6.45) is 1.26. The van der Waals surface area contributed by atoms with Gasteiger partial charge in [-0.1, -0.05) is 11.6 Å². The number of aromatic nitrogens is 1. The van der Waals surface area contributed by atoms with Crippen molar-refractivity contribution in [2.24, 2.45) is 0 Å². The molecule has 1 aromatic heterocycles. The Hall–Kier alpha value is -0.350. The maximum Gasteiger partial charge on any atom is 0.161 e. The third-order valence-electron chi connectivity index (χ3n) is 0.944. The normalized spacial score (nSPS) is 9.90. The first-order valence-electron chi connectivity index (χ1n) is 2.38. The van der Waals surface area contributed by atoms with Crippen molar-refractivity contribution < 1.29 is 4.39 Å². The van der Waals surface area contributed by atoms with Crippen LogP contribution in [0.4, 0.5) is 10.2 Å². The number of hydrogen-bond donors (Lipinski definition) is 1. The van der Waals surface area contributed by atoms with Crippen molar-refractivity contribution in [2.75, 3.05) is 5.73 Å². The third kappa shape index (κ3) is 1.22. The highest BCUT2D eigenvalue weighted by Gasteiger charge is 2.07. The fraction of sp³-hybridized carbons (Fsp3) is 0. The lowest BCUT2D eigenvalue weighted by molar-refractivity contribution is 0.620. The van der Waals surface area contributed by atoms with Crippen molar-refractivity contribution in [3.63, 3.8) is 0 Å². The number of nitrogens with zero attached hydrogens (tertiary/aromatic N) is 1. The Bertz CT molecular complexity index is 239. The molecule has 54 valence electrons. The molecule has 0 atom stereocenters. The van der Waals surface area contributed by atoms with Crippen molar-refractivity contribution in [1.29, 1.82) is 0 Å². The van der Waals surface area contributed by atoms with Crippen LogP contribution in [-0.4, -0.2) is 4.98 Å². The topological polar surface area (TPSA) is 38.9 Å². The van der Waals surface area contributed by atoms with Gasteiger partial charge in [-0.05, 0) is 15.9 Å². The second kappa shape index (κ2) is 2.72. The molecule has 0 aliphatic rings. The highest BCUT2D eigenvalue weighted by molar-refractivity contribution is 9.10. The molecule has 1 rings (SSSR count). The van der Waals surface area contributed by atoms with Crippen LogP contribution in [0.1, 0.15) is 0 Å². The second-order valence-electron chi connectivity index (χ2n) is 1.62. The molecule has 2 N–H and O–H groups in total. The largest absolute Gasteiger partial charge is 0.382 e. The molecule has 0 aliphatic carbocycles. The summed E-state index contributed by atoms with van der Waals surface area (Å²) < 4.78 is 12.9. The van der Waals surface area contributed by atoms with Gasteiger partial charge in [0.2, 0.25) is 0 Å². The minimum Gasteiger partial charge on any atom is -0.382 e. The van der Waals surface area contributed by atoms with Gasteiger partial charge in [0, 0.05) is 6.20 Å². The van der Waals surface area contributed by atoms with Gasteiger partial charge >= 0.3 is 0 Å². The van der Waals surface area contributed by atoms with E-state index in [4.69, 9.17) is 17.3 Å². The van der Waals surface area contributed by atoms with Crippen LogP contribution in [0.15, 0.2) is 10.7 Å². The molecular weight excluding hydrogens is 222 g/mol. The number of pyridine rings is 1. The van der Waals surface area contributed by atoms with E-state index in [-0.39, 0.29) is 15.3 Å². The molecule has 1 aromatic rings. The summed E-state index contributed by atoms with van der Waals surface area (Å²) in [7, 11) is 0. The van der Waals surface area contributed by atoms with Crippen LogP contribution in [0.2, 0.25) is 5.02 Å². The van der Waals surface area contributed by atoms with E-state index in [1.54, 1.807) is 0 Å². The number of anilines is 1. The molecule has 0 amide bonds. The van der Waals surface area contributed by atoms with Gasteiger partial charge in [0.15, 0.2) is 5.82 Å². The van der Waals surface area contributed by atoms with Crippen LogP contribution < -0.4 is 5.73 Å². The third-order valence-corrected chi connectivity index (χ3v) is 1.86. The maximum atomic E-state index is 12.7. The van der Waals surface area contributed by atoms with Crippen LogP contribution in [0, 0.1) is 5.82 Å². The van der Waals surface area contributed by atoms with Crippen molar-refractivity contribution in [3.8, 4) is 0 Å². The molecule has 0 saturated carbocycles. The van der Waals surface area contributed by atoms with Crippen LogP contribution in [0.3, 0.4) is 0 Å². The zero-order chi connectivity index (χ0) is 7.72. The summed E-state index contributed by atoms with van der Waals surface area (Å²) in [6, 6.07) is 0. The van der Waals surface area contributed by atoms with E-state index >= 15 is 0 Å². The lowest BCUT2D eigenvalue weighted by atomic mass is 10.4. The van der Waals surface area contributed by atoms with Gasteiger partial charge in [0.25, 0.3) is 0 Å². The molecule has 0 unspecified atom stereocenters. The van der Waals surface area contributed by atoms with E-state index in [9.17, 15) is 4.39 Å². The number of nitrogen functional groups attached to an aromatic ring is 1. The SMILES string of the molecule is Nc1ncc(Br)c(F)c1Cl. The van der Waals surface area contributed by atoms with Gasteiger partial charge in [-0.3, -0.25) is 0 Å². The van der Waals surface area contributed by atoms with Crippen LogP contribution in [0.5, 0.6) is 0 Å². The lowest BCUT2D eigenvalue weighted by Gasteiger charge is -1.98. The molecule has 0 radical (unpaired) electrons. The Labute approximate surface area is 70.3 Å². The van der Waals surface area contributed by atoms with Crippen molar-refractivity contribution in [2.45, 2.75) is 0 Å². The van der Waals surface area contributed by atoms with E-state index in [0.29, 0.717) is 0 Å². The number of halogens is 3. The summed E-state index contributed by atoms with van der Waals surface area (Å²) >= 11 is 8.29. The van der Waals surface area contributed by atoms with Crippen molar-refractivity contribution >= 4 is 33.3 Å². The molecule has 0 bridgehead atoms. The molecule has 1 heterocycles. The Morgan fingerprint density at radius 2 is 2.30 bits per heavy atom. The predicted molar refractivity (Wildman–Crippen MR) is 41.3 cm³/mol. The van der Waals surface area contributed by atoms with Gasteiger partial charge in [-0.25, -0.2) is 9.37 Å². The second-order valence-corrected chi connectivity index (χ2v) is 2.85. The zero-order valence-electron chi connectivity index (χ0n) is 4.74. The first-order valence-corrected chi connectivity index (χ1v) is 3.55. The van der Waals surface area contributed by atoms with E-state index in [2.05, 4.69) is 20.9 Å². The smallest absolute Gasteiger partial charge is 0.161 e. The highest BCUT2D eigenvalue weighted by Crippen LogP contribution is 2.25. The quantitative estimate of drug-likeness (QED) is 0.735. The standard InChI is InChI=1S/C5H3BrClFN2/c6-2-1-10-5(9)3(7)4(2)8/h1H,(H2,9,10). The van der Waals surface area contributed by atoms with Crippen LogP contribution >= 0.6 is 27.5 Å². The zero-order valence-corrected chi connectivity index (χ0v) is 7.08. The van der Waals surface area contributed by atoms with E-state index in [1.165, 1.54) is 6.20 Å². The Kier molecular flexibility index (Phi) is 2.11. The molecule has 2 nitrogen and oxygen atoms in total. The summed E-state index contributed by atoms with van der Waals surface area (Å²) in [5.41, 5.74) is 5.19. The molecule has 0 aliphatic heterocycles. The minimum absolute atomic E-state index is 0.00219. The van der Waals surface area contributed by atoms with Gasteiger partial charge in [-0.2, -0.15) is 0 Å². The molecule has 0 saturated heterocycles. The Morgan fingerprint density at radius 3 is 2.80 bits per heavy atom. The van der Waals surface area contributed by atoms with E-state index in [1.807, 2.05) is 0 Å². The van der Waals surface area contributed by atoms with Crippen molar-refractivity contribution in [1.82, 2.24) is 4.98 Å². The van der Waals surface area contributed by atoms with Gasteiger partial charge in [-0.15, -0.1) is 0 Å². The summed E-state index contributed by atoms with van der Waals surface area (Å²) in [4.78, 5) is 3.60. The van der Waals surface area contributed by atoms with E-state index in [0.717, 1.165) is 0 Å². The Balaban J connectivity index is 3.34. The summed E-state index contributed by atoms with van der Waals surface area (Å²) in [5.74, 6) is -0.573. The molecule has 0 aromatic carbocycles. The van der Waals surface area contributed by atoms with Crippen LogP contribution in [-0.2, 0) is 0 Å². The summed E-state index contributed by atoms with van der Waals surface area (Å²) in [6.45, 7) is 0. The fourth-order valence-corrected chi connectivity index (χ4v) is 1.02. The molecular formula is C5H3BrClFN2. The number of rotatable bonds is 0. The molecule has 5 heteroatoms. The number of nitrogens with two attached hydrogens (primary N) is 1.